The van der Waals surface area contributed by atoms with Gasteiger partial charge in [-0.15, -0.1) is 0 Å². The minimum atomic E-state index is -0.869. The molecule has 1 heterocycles. The Labute approximate surface area is 118 Å². The molecule has 2 fully saturated rings. The number of piperidine rings is 1. The van der Waals surface area contributed by atoms with Gasteiger partial charge in [0.05, 0.1) is 17.9 Å². The predicted octanol–water partition coefficient (Wildman–Crippen LogP) is 0.739. The zero-order valence-corrected chi connectivity index (χ0v) is 11.6. The molecule has 1 aliphatic heterocycles. The van der Waals surface area contributed by atoms with Crippen LogP contribution in [0, 0.1) is 29.6 Å². The first-order valence-electron chi connectivity index (χ1n) is 7.37. The van der Waals surface area contributed by atoms with E-state index in [9.17, 15) is 19.8 Å². The Morgan fingerprint density at radius 3 is 2.45 bits per heavy atom. The molecule has 3 aliphatic rings. The van der Waals surface area contributed by atoms with Crippen LogP contribution in [0.25, 0.3) is 0 Å². The van der Waals surface area contributed by atoms with Gasteiger partial charge in [0, 0.05) is 13.1 Å². The topological polar surface area (TPSA) is 77.8 Å². The van der Waals surface area contributed by atoms with E-state index in [4.69, 9.17) is 0 Å². The number of fused-ring (bicyclic) bond motifs is 2. The molecule has 0 aromatic heterocycles. The van der Waals surface area contributed by atoms with Crippen LogP contribution in [0.4, 0.5) is 0 Å². The summed E-state index contributed by atoms with van der Waals surface area (Å²) < 4.78 is 0. The lowest BCUT2D eigenvalue weighted by Crippen LogP contribution is -2.50. The van der Waals surface area contributed by atoms with E-state index >= 15 is 0 Å². The molecule has 5 heteroatoms. The van der Waals surface area contributed by atoms with E-state index in [1.807, 2.05) is 19.1 Å². The number of hydrogen-bond acceptors (Lipinski definition) is 3. The molecule has 2 bridgehead atoms. The van der Waals surface area contributed by atoms with Gasteiger partial charge in [0.25, 0.3) is 0 Å². The third-order valence-corrected chi connectivity index (χ3v) is 5.26. The van der Waals surface area contributed by atoms with Gasteiger partial charge in [0.1, 0.15) is 0 Å². The summed E-state index contributed by atoms with van der Waals surface area (Å²) in [6, 6.07) is 0. The van der Waals surface area contributed by atoms with E-state index in [-0.39, 0.29) is 23.7 Å². The van der Waals surface area contributed by atoms with Crippen molar-refractivity contribution in [1.29, 1.82) is 0 Å². The van der Waals surface area contributed by atoms with Gasteiger partial charge in [-0.05, 0) is 30.6 Å². The van der Waals surface area contributed by atoms with Crippen LogP contribution in [-0.4, -0.2) is 46.2 Å². The molecule has 5 nitrogen and oxygen atoms in total. The minimum Gasteiger partial charge on any atom is -0.481 e. The quantitative estimate of drug-likeness (QED) is 0.731. The smallest absolute Gasteiger partial charge is 0.307 e. The second kappa shape index (κ2) is 4.88. The highest BCUT2D eigenvalue weighted by molar-refractivity contribution is 5.87. The lowest BCUT2D eigenvalue weighted by molar-refractivity contribution is -0.152. The first-order chi connectivity index (χ1) is 9.49. The first kappa shape index (κ1) is 13.6. The van der Waals surface area contributed by atoms with Gasteiger partial charge in [-0.2, -0.15) is 0 Å². The van der Waals surface area contributed by atoms with Crippen molar-refractivity contribution in [2.75, 3.05) is 13.1 Å². The van der Waals surface area contributed by atoms with E-state index in [2.05, 4.69) is 0 Å². The fourth-order valence-corrected chi connectivity index (χ4v) is 3.96. The van der Waals surface area contributed by atoms with Gasteiger partial charge in [-0.3, -0.25) is 9.59 Å². The van der Waals surface area contributed by atoms with Crippen molar-refractivity contribution in [1.82, 2.24) is 4.90 Å². The summed E-state index contributed by atoms with van der Waals surface area (Å²) >= 11 is 0. The number of aliphatic hydroxyl groups is 1. The summed E-state index contributed by atoms with van der Waals surface area (Å²) in [7, 11) is 0. The van der Waals surface area contributed by atoms with Gasteiger partial charge in [-0.1, -0.05) is 19.1 Å². The van der Waals surface area contributed by atoms with Crippen LogP contribution in [0.5, 0.6) is 0 Å². The number of aliphatic carboxylic acids is 1. The fraction of sp³-hybridized carbons (Fsp3) is 0.733. The van der Waals surface area contributed by atoms with Crippen molar-refractivity contribution in [2.24, 2.45) is 29.6 Å². The summed E-state index contributed by atoms with van der Waals surface area (Å²) in [6.07, 6.45) is 5.00. The fourth-order valence-electron chi connectivity index (χ4n) is 3.96. The van der Waals surface area contributed by atoms with Gasteiger partial charge < -0.3 is 15.1 Å². The molecule has 1 saturated carbocycles. The number of likely N-dealkylation sites (tertiary alicyclic amines) is 1. The van der Waals surface area contributed by atoms with Crippen molar-refractivity contribution in [3.63, 3.8) is 0 Å². The number of allylic oxidation sites excluding steroid dienone is 2. The molecule has 110 valence electrons. The Bertz CT molecular complexity index is 461. The van der Waals surface area contributed by atoms with Crippen molar-refractivity contribution in [3.8, 4) is 0 Å². The summed E-state index contributed by atoms with van der Waals surface area (Å²) in [5.41, 5.74) is 0. The number of carboxylic acids is 1. The SMILES string of the molecule is CC1CCN(C(=O)C2C3C=CC(C3)C2C(=O)O)CC1O. The largest absolute Gasteiger partial charge is 0.481 e. The van der Waals surface area contributed by atoms with E-state index < -0.39 is 23.9 Å². The summed E-state index contributed by atoms with van der Waals surface area (Å²) in [6.45, 7) is 2.94. The number of β-amino-alcohol motifs (C(OH)–C–C–N with tert-alkyl or cyclic N) is 1. The van der Waals surface area contributed by atoms with Gasteiger partial charge in [-0.25, -0.2) is 0 Å². The lowest BCUT2D eigenvalue weighted by Gasteiger charge is -2.37. The molecule has 3 rings (SSSR count). The zero-order chi connectivity index (χ0) is 14.4. The highest BCUT2D eigenvalue weighted by Crippen LogP contribution is 2.49. The van der Waals surface area contributed by atoms with E-state index in [0.717, 1.165) is 12.8 Å². The van der Waals surface area contributed by atoms with Gasteiger partial charge >= 0.3 is 5.97 Å². The Kier molecular flexibility index (Phi) is 3.32. The second-order valence-electron chi connectivity index (χ2n) is 6.46. The standard InChI is InChI=1S/C15H21NO4/c1-8-4-5-16(7-11(8)17)14(18)12-9-2-3-10(6-9)13(12)15(19)20/h2-3,8-13,17H,4-7H2,1H3,(H,19,20). The molecule has 2 N–H and O–H groups in total. The number of carboxylic acid groups (broad SMARTS) is 1. The average molecular weight is 279 g/mol. The molecule has 1 saturated heterocycles. The van der Waals surface area contributed by atoms with Gasteiger partial charge in [0.15, 0.2) is 0 Å². The van der Waals surface area contributed by atoms with Crippen molar-refractivity contribution >= 4 is 11.9 Å². The molecule has 0 spiro atoms. The van der Waals surface area contributed by atoms with Gasteiger partial charge in [0.2, 0.25) is 5.91 Å². The van der Waals surface area contributed by atoms with Crippen LogP contribution in [0.15, 0.2) is 12.2 Å². The van der Waals surface area contributed by atoms with Crippen molar-refractivity contribution in [2.45, 2.75) is 25.9 Å². The van der Waals surface area contributed by atoms with Crippen LogP contribution in [0.2, 0.25) is 0 Å². The molecule has 6 unspecified atom stereocenters. The van der Waals surface area contributed by atoms with E-state index in [1.54, 1.807) is 4.90 Å². The number of amides is 1. The van der Waals surface area contributed by atoms with Crippen LogP contribution in [-0.2, 0) is 9.59 Å². The third kappa shape index (κ3) is 2.04. The molecule has 0 radical (unpaired) electrons. The highest BCUT2D eigenvalue weighted by atomic mass is 16.4. The Balaban J connectivity index is 1.77. The maximum Gasteiger partial charge on any atom is 0.307 e. The number of carbonyl (C=O) groups excluding carboxylic acids is 1. The number of nitrogens with zero attached hydrogens (tertiary/aromatic N) is 1. The predicted molar refractivity (Wildman–Crippen MR) is 71.7 cm³/mol. The number of aliphatic hydroxyl groups excluding tert-OH is 1. The third-order valence-electron chi connectivity index (χ3n) is 5.26. The van der Waals surface area contributed by atoms with Crippen molar-refractivity contribution < 1.29 is 19.8 Å². The van der Waals surface area contributed by atoms with Crippen molar-refractivity contribution in [3.05, 3.63) is 12.2 Å². The van der Waals surface area contributed by atoms with Crippen LogP contribution < -0.4 is 0 Å². The maximum absolute atomic E-state index is 12.7. The zero-order valence-electron chi connectivity index (χ0n) is 11.6. The molecule has 2 aliphatic carbocycles. The highest BCUT2D eigenvalue weighted by Gasteiger charge is 2.52. The molecule has 0 aromatic carbocycles. The lowest BCUT2D eigenvalue weighted by atomic mass is 9.81. The summed E-state index contributed by atoms with van der Waals surface area (Å²) in [5.74, 6) is -1.72. The minimum absolute atomic E-state index is 0.0000811. The monoisotopic (exact) mass is 279 g/mol. The second-order valence-corrected chi connectivity index (χ2v) is 6.46. The van der Waals surface area contributed by atoms with Crippen LogP contribution >= 0.6 is 0 Å². The molecule has 1 amide bonds. The normalized spacial score (nSPS) is 43.0. The Morgan fingerprint density at radius 2 is 1.85 bits per heavy atom. The van der Waals surface area contributed by atoms with E-state index in [1.165, 1.54) is 0 Å². The molecule has 0 aromatic rings. The first-order valence-corrected chi connectivity index (χ1v) is 7.37. The Hall–Kier alpha value is -1.36. The number of rotatable bonds is 2. The summed E-state index contributed by atoms with van der Waals surface area (Å²) in [5, 5.41) is 19.3. The molecular weight excluding hydrogens is 258 g/mol. The number of hydrogen-bond donors (Lipinski definition) is 2. The molecule has 20 heavy (non-hydrogen) atoms. The van der Waals surface area contributed by atoms with E-state index in [0.29, 0.717) is 13.1 Å². The Morgan fingerprint density at radius 1 is 1.20 bits per heavy atom. The molecule has 6 atom stereocenters. The molecular formula is C15H21NO4. The maximum atomic E-state index is 12.7. The average Bonchev–Trinajstić information content (AvgIpc) is 3.01. The van der Waals surface area contributed by atoms with Crippen LogP contribution in [0.3, 0.4) is 0 Å². The summed E-state index contributed by atoms with van der Waals surface area (Å²) in [4.78, 5) is 25.8. The van der Waals surface area contributed by atoms with Crippen LogP contribution in [0.1, 0.15) is 19.8 Å². The number of carbonyl (C=O) groups is 2.